The highest BCUT2D eigenvalue weighted by Crippen LogP contribution is 2.32. The van der Waals surface area contributed by atoms with E-state index in [9.17, 15) is 4.79 Å². The zero-order valence-corrected chi connectivity index (χ0v) is 11.8. The molecule has 2 heterocycles. The van der Waals surface area contributed by atoms with Crippen LogP contribution in [0, 0.1) is 0 Å². The number of halogens is 1. The summed E-state index contributed by atoms with van der Waals surface area (Å²) in [7, 11) is 0. The van der Waals surface area contributed by atoms with Gasteiger partial charge in [0.05, 0.1) is 0 Å². The molecule has 1 N–H and O–H groups in total. The number of unbranched alkanes of at least 4 members (excludes halogenated alkanes) is 1. The van der Waals surface area contributed by atoms with Crippen molar-refractivity contribution < 1.29 is 14.3 Å². The molecule has 0 amide bonds. The van der Waals surface area contributed by atoms with Crippen molar-refractivity contribution >= 4 is 33.2 Å². The maximum Gasteiger partial charge on any atom is 0.303 e. The van der Waals surface area contributed by atoms with Gasteiger partial charge in [-0.15, -0.1) is 21.5 Å². The molecular weight excluding hydrogens is 320 g/mol. The van der Waals surface area contributed by atoms with E-state index in [1.54, 1.807) is 0 Å². The Balaban J connectivity index is 1.91. The monoisotopic (exact) mass is 330 g/mol. The highest BCUT2D eigenvalue weighted by atomic mass is 79.9. The number of aromatic nitrogens is 2. The molecule has 2 aromatic rings. The lowest BCUT2D eigenvalue weighted by Gasteiger charge is -1.94. The highest BCUT2D eigenvalue weighted by molar-refractivity contribution is 9.10. The van der Waals surface area contributed by atoms with Gasteiger partial charge in [-0.05, 0) is 40.2 Å². The average molecular weight is 331 g/mol. The molecule has 2 aromatic heterocycles. The Hall–Kier alpha value is -1.21. The summed E-state index contributed by atoms with van der Waals surface area (Å²) in [4.78, 5) is 11.3. The van der Waals surface area contributed by atoms with Gasteiger partial charge in [0.1, 0.15) is 4.88 Å². The van der Waals surface area contributed by atoms with E-state index in [2.05, 4.69) is 26.1 Å². The topological polar surface area (TPSA) is 76.2 Å². The summed E-state index contributed by atoms with van der Waals surface area (Å²) in [5, 5.41) is 18.4. The number of rotatable bonds is 6. The van der Waals surface area contributed by atoms with Gasteiger partial charge >= 0.3 is 5.97 Å². The number of carboxylic acid groups (broad SMARTS) is 1. The highest BCUT2D eigenvalue weighted by Gasteiger charge is 2.12. The van der Waals surface area contributed by atoms with Crippen LogP contribution in [0.25, 0.3) is 10.8 Å². The van der Waals surface area contributed by atoms with Crippen LogP contribution in [0.2, 0.25) is 0 Å². The molecule has 2 rings (SSSR count). The zero-order valence-electron chi connectivity index (χ0n) is 9.43. The Kier molecular flexibility index (Phi) is 4.48. The second kappa shape index (κ2) is 6.10. The summed E-state index contributed by atoms with van der Waals surface area (Å²) < 4.78 is 6.47. The minimum atomic E-state index is -0.774. The maximum absolute atomic E-state index is 10.4. The summed E-state index contributed by atoms with van der Waals surface area (Å²) in [6.45, 7) is 0. The summed E-state index contributed by atoms with van der Waals surface area (Å²) >= 11 is 4.94. The number of hydrogen-bond acceptors (Lipinski definition) is 5. The predicted octanol–water partition coefficient (Wildman–Crippen LogP) is 3.36. The van der Waals surface area contributed by atoms with Gasteiger partial charge in [-0.3, -0.25) is 4.79 Å². The van der Waals surface area contributed by atoms with E-state index in [1.807, 2.05) is 11.4 Å². The van der Waals surface area contributed by atoms with Crippen molar-refractivity contribution in [3.8, 4) is 10.8 Å². The predicted molar refractivity (Wildman–Crippen MR) is 70.5 cm³/mol. The Labute approximate surface area is 116 Å². The minimum Gasteiger partial charge on any atom is -0.481 e. The van der Waals surface area contributed by atoms with Gasteiger partial charge in [0.15, 0.2) is 0 Å². The number of nitrogens with zero attached hydrogens (tertiary/aromatic N) is 2. The quantitative estimate of drug-likeness (QED) is 0.822. The molecule has 0 aliphatic heterocycles. The van der Waals surface area contributed by atoms with Gasteiger partial charge in [0.25, 0.3) is 5.89 Å². The van der Waals surface area contributed by atoms with Crippen molar-refractivity contribution in [3.63, 3.8) is 0 Å². The molecule has 0 radical (unpaired) electrons. The van der Waals surface area contributed by atoms with Crippen LogP contribution in [0.1, 0.15) is 25.2 Å². The third kappa shape index (κ3) is 3.39. The van der Waals surface area contributed by atoms with Crippen molar-refractivity contribution in [2.45, 2.75) is 25.7 Å². The zero-order chi connectivity index (χ0) is 13.0. The normalized spacial score (nSPS) is 10.7. The van der Waals surface area contributed by atoms with E-state index >= 15 is 0 Å². The van der Waals surface area contributed by atoms with Crippen LogP contribution in [0.3, 0.4) is 0 Å². The fourth-order valence-corrected chi connectivity index (χ4v) is 2.91. The van der Waals surface area contributed by atoms with E-state index < -0.39 is 5.97 Å². The molecule has 7 heteroatoms. The second-order valence-electron chi connectivity index (χ2n) is 3.70. The van der Waals surface area contributed by atoms with Gasteiger partial charge < -0.3 is 9.52 Å². The van der Waals surface area contributed by atoms with E-state index in [0.717, 1.165) is 15.8 Å². The Morgan fingerprint density at radius 2 is 2.28 bits per heavy atom. The summed E-state index contributed by atoms with van der Waals surface area (Å²) in [5.41, 5.74) is 0. The standard InChI is InChI=1S/C11H11BrN2O3S/c12-7-5-6-18-10(7)11-14-13-8(17-11)3-1-2-4-9(15)16/h5-6H,1-4H2,(H,15,16). The fourth-order valence-electron chi connectivity index (χ4n) is 1.45. The first-order valence-electron chi connectivity index (χ1n) is 5.44. The minimum absolute atomic E-state index is 0.178. The molecule has 0 fully saturated rings. The number of thiophene rings is 1. The molecule has 18 heavy (non-hydrogen) atoms. The molecule has 0 spiro atoms. The van der Waals surface area contributed by atoms with Crippen molar-refractivity contribution in [3.05, 3.63) is 21.8 Å². The van der Waals surface area contributed by atoms with E-state index in [1.165, 1.54) is 11.3 Å². The van der Waals surface area contributed by atoms with Crippen molar-refractivity contribution in [2.75, 3.05) is 0 Å². The summed E-state index contributed by atoms with van der Waals surface area (Å²) in [6.07, 6.45) is 2.15. The summed E-state index contributed by atoms with van der Waals surface area (Å²) in [5.74, 6) is 0.282. The average Bonchev–Trinajstić information content (AvgIpc) is 2.92. The van der Waals surface area contributed by atoms with Crippen molar-refractivity contribution in [1.29, 1.82) is 0 Å². The van der Waals surface area contributed by atoms with Crippen LogP contribution in [0.15, 0.2) is 20.3 Å². The first-order chi connectivity index (χ1) is 8.66. The largest absolute Gasteiger partial charge is 0.481 e. The van der Waals surface area contributed by atoms with Crippen LogP contribution in [0.5, 0.6) is 0 Å². The lowest BCUT2D eigenvalue weighted by atomic mass is 10.2. The van der Waals surface area contributed by atoms with Gasteiger partial charge in [0.2, 0.25) is 5.89 Å². The summed E-state index contributed by atoms with van der Waals surface area (Å²) in [6, 6.07) is 1.93. The Morgan fingerprint density at radius 3 is 2.94 bits per heavy atom. The van der Waals surface area contributed by atoms with Crippen LogP contribution in [-0.4, -0.2) is 21.3 Å². The first-order valence-corrected chi connectivity index (χ1v) is 7.11. The van der Waals surface area contributed by atoms with Crippen molar-refractivity contribution in [1.82, 2.24) is 10.2 Å². The number of aliphatic carboxylic acids is 1. The Bertz CT molecular complexity index is 538. The number of aryl methyl sites for hydroxylation is 1. The number of carboxylic acids is 1. The van der Waals surface area contributed by atoms with Crippen molar-refractivity contribution in [2.24, 2.45) is 0 Å². The molecule has 0 aliphatic rings. The number of hydrogen-bond donors (Lipinski definition) is 1. The molecule has 5 nitrogen and oxygen atoms in total. The van der Waals surface area contributed by atoms with Gasteiger partial charge in [-0.1, -0.05) is 0 Å². The SMILES string of the molecule is O=C(O)CCCCc1nnc(-c2sccc2Br)o1. The van der Waals surface area contributed by atoms with Crippen LogP contribution < -0.4 is 0 Å². The van der Waals surface area contributed by atoms with E-state index in [4.69, 9.17) is 9.52 Å². The molecule has 0 aromatic carbocycles. The van der Waals surface area contributed by atoms with Crippen LogP contribution >= 0.6 is 27.3 Å². The van der Waals surface area contributed by atoms with Crippen LogP contribution in [0.4, 0.5) is 0 Å². The lowest BCUT2D eigenvalue weighted by molar-refractivity contribution is -0.137. The third-order valence-electron chi connectivity index (χ3n) is 2.31. The Morgan fingerprint density at radius 1 is 1.44 bits per heavy atom. The molecule has 0 aliphatic carbocycles. The lowest BCUT2D eigenvalue weighted by Crippen LogP contribution is -1.95. The smallest absolute Gasteiger partial charge is 0.303 e. The molecular formula is C11H11BrN2O3S. The molecule has 0 bridgehead atoms. The molecule has 0 unspecified atom stereocenters. The molecule has 0 saturated heterocycles. The molecule has 0 saturated carbocycles. The fraction of sp³-hybridized carbons (Fsp3) is 0.364. The second-order valence-corrected chi connectivity index (χ2v) is 5.47. The number of carbonyl (C=O) groups is 1. The van der Waals surface area contributed by atoms with Gasteiger partial charge in [0, 0.05) is 17.3 Å². The molecule has 0 atom stereocenters. The third-order valence-corrected chi connectivity index (χ3v) is 4.14. The molecule has 96 valence electrons. The first kappa shape index (κ1) is 13.2. The maximum atomic E-state index is 10.4. The van der Waals surface area contributed by atoms with E-state index in [0.29, 0.717) is 24.6 Å². The van der Waals surface area contributed by atoms with E-state index in [-0.39, 0.29) is 6.42 Å². The van der Waals surface area contributed by atoms with Gasteiger partial charge in [-0.2, -0.15) is 0 Å². The van der Waals surface area contributed by atoms with Gasteiger partial charge in [-0.25, -0.2) is 0 Å². The van der Waals surface area contributed by atoms with Crippen LogP contribution in [-0.2, 0) is 11.2 Å².